The molecular formula is C26H32O5. The molecule has 1 unspecified atom stereocenters. The Kier molecular flexibility index (Phi) is 5.77. The van der Waals surface area contributed by atoms with Gasteiger partial charge in [0.05, 0.1) is 13.7 Å². The number of methoxy groups -OCH3 is 1. The van der Waals surface area contributed by atoms with Gasteiger partial charge in [0.1, 0.15) is 12.2 Å². The van der Waals surface area contributed by atoms with Crippen LogP contribution in [0.15, 0.2) is 18.2 Å². The molecule has 1 aromatic rings. The summed E-state index contributed by atoms with van der Waals surface area (Å²) in [6.07, 6.45) is 11.3. The van der Waals surface area contributed by atoms with E-state index < -0.39 is 17.5 Å². The molecule has 0 heterocycles. The Bertz CT molecular complexity index is 915. The highest BCUT2D eigenvalue weighted by Crippen LogP contribution is 2.65. The maximum absolute atomic E-state index is 12.5. The molecule has 3 aliphatic rings. The SMILES string of the molecule is C#CC1(OC(=O)CC(=O)OCC)CC[C@H]2[C@@H]3CCc4cc(OC)ccc4[C@H]3CC[C@@]21C. The molecule has 166 valence electrons. The van der Waals surface area contributed by atoms with E-state index in [0.29, 0.717) is 24.2 Å². The van der Waals surface area contributed by atoms with Crippen molar-refractivity contribution in [2.75, 3.05) is 13.7 Å². The lowest BCUT2D eigenvalue weighted by Gasteiger charge is -2.52. The first-order chi connectivity index (χ1) is 14.9. The molecule has 4 rings (SSSR count). The molecule has 2 fully saturated rings. The summed E-state index contributed by atoms with van der Waals surface area (Å²) in [5, 5.41) is 0. The van der Waals surface area contributed by atoms with Crippen molar-refractivity contribution in [2.24, 2.45) is 17.3 Å². The molecule has 0 aromatic heterocycles. The number of benzene rings is 1. The summed E-state index contributed by atoms with van der Waals surface area (Å²) in [5.41, 5.74) is 1.60. The van der Waals surface area contributed by atoms with Gasteiger partial charge in [-0.15, -0.1) is 6.42 Å². The van der Waals surface area contributed by atoms with Crippen LogP contribution in [0.4, 0.5) is 0 Å². The monoisotopic (exact) mass is 424 g/mol. The summed E-state index contributed by atoms with van der Waals surface area (Å²) in [5.74, 6) is 4.07. The predicted octanol–water partition coefficient (Wildman–Crippen LogP) is 4.42. The van der Waals surface area contributed by atoms with Gasteiger partial charge in [-0.25, -0.2) is 0 Å². The summed E-state index contributed by atoms with van der Waals surface area (Å²) in [4.78, 5) is 24.3. The van der Waals surface area contributed by atoms with Crippen LogP contribution in [0.2, 0.25) is 0 Å². The maximum Gasteiger partial charge on any atom is 0.318 e. The highest BCUT2D eigenvalue weighted by molar-refractivity contribution is 5.91. The Balaban J connectivity index is 1.56. The van der Waals surface area contributed by atoms with Gasteiger partial charge in [0.2, 0.25) is 0 Å². The Morgan fingerprint density at radius 2 is 2.00 bits per heavy atom. The molecule has 0 saturated heterocycles. The molecule has 5 atom stereocenters. The van der Waals surface area contributed by atoms with Crippen LogP contribution in [-0.2, 0) is 25.5 Å². The van der Waals surface area contributed by atoms with E-state index in [4.69, 9.17) is 20.6 Å². The molecule has 0 spiro atoms. The minimum atomic E-state index is -0.952. The molecule has 5 nitrogen and oxygen atoms in total. The third-order valence-corrected chi connectivity index (χ3v) is 8.17. The molecule has 0 bridgehead atoms. The fourth-order valence-corrected chi connectivity index (χ4v) is 6.68. The van der Waals surface area contributed by atoms with Gasteiger partial charge in [0, 0.05) is 5.41 Å². The number of carbonyl (C=O) groups is 2. The number of rotatable bonds is 5. The Hall–Kier alpha value is -2.48. The van der Waals surface area contributed by atoms with E-state index in [-0.39, 0.29) is 18.4 Å². The summed E-state index contributed by atoms with van der Waals surface area (Å²) in [7, 11) is 1.71. The van der Waals surface area contributed by atoms with Crippen molar-refractivity contribution in [3.63, 3.8) is 0 Å². The number of terminal acetylenes is 1. The van der Waals surface area contributed by atoms with Crippen molar-refractivity contribution in [1.82, 2.24) is 0 Å². The normalized spacial score (nSPS) is 33.3. The van der Waals surface area contributed by atoms with Crippen molar-refractivity contribution in [3.8, 4) is 18.1 Å². The zero-order chi connectivity index (χ0) is 22.2. The first-order valence-electron chi connectivity index (χ1n) is 11.4. The predicted molar refractivity (Wildman–Crippen MR) is 117 cm³/mol. The average molecular weight is 425 g/mol. The Morgan fingerprint density at radius 3 is 2.71 bits per heavy atom. The van der Waals surface area contributed by atoms with E-state index in [9.17, 15) is 9.59 Å². The van der Waals surface area contributed by atoms with Crippen LogP contribution in [0.1, 0.15) is 69.4 Å². The van der Waals surface area contributed by atoms with E-state index >= 15 is 0 Å². The van der Waals surface area contributed by atoms with Crippen LogP contribution in [0.25, 0.3) is 0 Å². The molecule has 0 aliphatic heterocycles. The minimum Gasteiger partial charge on any atom is -0.497 e. The van der Waals surface area contributed by atoms with Gasteiger partial charge < -0.3 is 14.2 Å². The van der Waals surface area contributed by atoms with Gasteiger partial charge in [-0.1, -0.05) is 18.9 Å². The summed E-state index contributed by atoms with van der Waals surface area (Å²) in [6, 6.07) is 6.47. The van der Waals surface area contributed by atoms with Crippen molar-refractivity contribution in [3.05, 3.63) is 29.3 Å². The van der Waals surface area contributed by atoms with E-state index in [1.807, 2.05) is 0 Å². The number of aryl methyl sites for hydroxylation is 1. The highest BCUT2D eigenvalue weighted by Gasteiger charge is 2.63. The Morgan fingerprint density at radius 1 is 1.19 bits per heavy atom. The summed E-state index contributed by atoms with van der Waals surface area (Å²) >= 11 is 0. The second-order valence-electron chi connectivity index (χ2n) is 9.40. The van der Waals surface area contributed by atoms with Crippen LogP contribution in [-0.4, -0.2) is 31.3 Å². The lowest BCUT2D eigenvalue weighted by Crippen LogP contribution is -2.52. The number of fused-ring (bicyclic) bond motifs is 5. The number of esters is 2. The fourth-order valence-electron chi connectivity index (χ4n) is 6.68. The van der Waals surface area contributed by atoms with Gasteiger partial charge in [0.25, 0.3) is 0 Å². The van der Waals surface area contributed by atoms with Crippen molar-refractivity contribution in [2.45, 2.75) is 70.3 Å². The van der Waals surface area contributed by atoms with Crippen LogP contribution in [0, 0.1) is 29.6 Å². The van der Waals surface area contributed by atoms with Gasteiger partial charge in [-0.05, 0) is 86.5 Å². The Labute approximate surface area is 184 Å². The fraction of sp³-hybridized carbons (Fsp3) is 0.615. The lowest BCUT2D eigenvalue weighted by atomic mass is 9.53. The molecule has 5 heteroatoms. The van der Waals surface area contributed by atoms with Crippen LogP contribution >= 0.6 is 0 Å². The summed E-state index contributed by atoms with van der Waals surface area (Å²) < 4.78 is 16.2. The van der Waals surface area contributed by atoms with Gasteiger partial charge >= 0.3 is 11.9 Å². The van der Waals surface area contributed by atoms with Gasteiger partial charge in [0.15, 0.2) is 5.60 Å². The number of hydrogen-bond acceptors (Lipinski definition) is 5. The third-order valence-electron chi connectivity index (χ3n) is 8.17. The molecule has 31 heavy (non-hydrogen) atoms. The average Bonchev–Trinajstić information content (AvgIpc) is 3.05. The minimum absolute atomic E-state index is 0.239. The van der Waals surface area contributed by atoms with Crippen molar-refractivity contribution in [1.29, 1.82) is 0 Å². The summed E-state index contributed by atoms with van der Waals surface area (Å²) in [6.45, 7) is 4.15. The second kappa shape index (κ2) is 8.22. The molecule has 0 radical (unpaired) electrons. The zero-order valence-electron chi connectivity index (χ0n) is 18.7. The first-order valence-corrected chi connectivity index (χ1v) is 11.4. The lowest BCUT2D eigenvalue weighted by molar-refractivity contribution is -0.172. The van der Waals surface area contributed by atoms with Crippen molar-refractivity contribution < 1.29 is 23.8 Å². The van der Waals surface area contributed by atoms with Crippen LogP contribution < -0.4 is 4.74 Å². The van der Waals surface area contributed by atoms with E-state index in [1.54, 1.807) is 14.0 Å². The first kappa shape index (κ1) is 21.7. The molecule has 0 amide bonds. The molecule has 0 N–H and O–H groups in total. The molecule has 2 saturated carbocycles. The van der Waals surface area contributed by atoms with Gasteiger partial charge in [-0.3, -0.25) is 9.59 Å². The zero-order valence-corrected chi connectivity index (χ0v) is 18.7. The van der Waals surface area contributed by atoms with Gasteiger partial charge in [-0.2, -0.15) is 0 Å². The maximum atomic E-state index is 12.5. The number of carbonyl (C=O) groups excluding carboxylic acids is 2. The molecule has 1 aromatic carbocycles. The van der Waals surface area contributed by atoms with E-state index in [2.05, 4.69) is 31.0 Å². The topological polar surface area (TPSA) is 61.8 Å². The molecule has 3 aliphatic carbocycles. The quantitative estimate of drug-likeness (QED) is 0.398. The smallest absolute Gasteiger partial charge is 0.318 e. The second-order valence-corrected chi connectivity index (χ2v) is 9.40. The van der Waals surface area contributed by atoms with Crippen LogP contribution in [0.5, 0.6) is 5.75 Å². The largest absolute Gasteiger partial charge is 0.497 e. The standard InChI is InChI=1S/C26H32O5/c1-5-26(31-24(28)16-23(27)30-6-2)14-12-22-21-9-7-17-15-18(29-4)8-10-19(17)20(21)11-13-25(22,26)3/h1,8,10,15,20-22H,6-7,9,11-14,16H2,2-4H3/t20-,21-,22+,25+,26?/m1/s1. The number of ether oxygens (including phenoxy) is 3. The molecular weight excluding hydrogens is 392 g/mol. The van der Waals surface area contributed by atoms with Crippen molar-refractivity contribution >= 4 is 11.9 Å². The van der Waals surface area contributed by atoms with E-state index in [0.717, 1.165) is 37.9 Å². The third kappa shape index (κ3) is 3.50. The highest BCUT2D eigenvalue weighted by atomic mass is 16.6. The van der Waals surface area contributed by atoms with E-state index in [1.165, 1.54) is 11.1 Å². The number of hydrogen-bond donors (Lipinski definition) is 0. The van der Waals surface area contributed by atoms with Crippen LogP contribution in [0.3, 0.4) is 0 Å².